The summed E-state index contributed by atoms with van der Waals surface area (Å²) < 4.78 is 33.5. The van der Waals surface area contributed by atoms with Crippen LogP contribution < -0.4 is 10.1 Å². The molecule has 3 aromatic rings. The van der Waals surface area contributed by atoms with Gasteiger partial charge in [-0.05, 0) is 54.8 Å². The van der Waals surface area contributed by atoms with Gasteiger partial charge in [-0.3, -0.25) is 4.79 Å². The van der Waals surface area contributed by atoms with Crippen LogP contribution in [-0.4, -0.2) is 38.3 Å². The second-order valence-electron chi connectivity index (χ2n) is 7.63. The second kappa shape index (κ2) is 9.08. The molecule has 31 heavy (non-hydrogen) atoms. The molecule has 1 saturated heterocycles. The molecule has 1 aliphatic rings. The SMILES string of the molecule is CCOc1ccccc1NC(=O)C1CCCN(S(=O)(=O)c2ccc3ccccc3c2)C1. The number of rotatable bonds is 6. The van der Waals surface area contributed by atoms with Gasteiger partial charge in [0, 0.05) is 13.1 Å². The first-order chi connectivity index (χ1) is 15.0. The molecule has 4 rings (SSSR count). The lowest BCUT2D eigenvalue weighted by atomic mass is 9.98. The summed E-state index contributed by atoms with van der Waals surface area (Å²) in [5, 5.41) is 4.78. The smallest absolute Gasteiger partial charge is 0.243 e. The Bertz CT molecular complexity index is 1190. The third-order valence-corrected chi connectivity index (χ3v) is 7.42. The second-order valence-corrected chi connectivity index (χ2v) is 9.57. The quantitative estimate of drug-likeness (QED) is 0.623. The molecule has 0 spiro atoms. The van der Waals surface area contributed by atoms with Gasteiger partial charge in [-0.15, -0.1) is 0 Å². The van der Waals surface area contributed by atoms with Crippen molar-refractivity contribution in [2.75, 3.05) is 25.0 Å². The molecule has 0 saturated carbocycles. The van der Waals surface area contributed by atoms with E-state index < -0.39 is 15.9 Å². The van der Waals surface area contributed by atoms with Gasteiger partial charge in [-0.1, -0.05) is 42.5 Å². The number of hydrogen-bond donors (Lipinski definition) is 1. The minimum atomic E-state index is -3.68. The van der Waals surface area contributed by atoms with Crippen molar-refractivity contribution >= 4 is 32.4 Å². The van der Waals surface area contributed by atoms with E-state index in [4.69, 9.17) is 4.74 Å². The summed E-state index contributed by atoms with van der Waals surface area (Å²) in [5.41, 5.74) is 0.601. The number of nitrogens with zero attached hydrogens (tertiary/aromatic N) is 1. The van der Waals surface area contributed by atoms with Crippen molar-refractivity contribution in [3.05, 3.63) is 66.7 Å². The van der Waals surface area contributed by atoms with E-state index in [0.29, 0.717) is 37.4 Å². The Morgan fingerprint density at radius 1 is 1.06 bits per heavy atom. The van der Waals surface area contributed by atoms with Crippen LogP contribution in [0, 0.1) is 5.92 Å². The van der Waals surface area contributed by atoms with Crippen molar-refractivity contribution in [2.45, 2.75) is 24.7 Å². The first kappa shape index (κ1) is 21.3. The van der Waals surface area contributed by atoms with Gasteiger partial charge in [0.1, 0.15) is 5.75 Å². The lowest BCUT2D eigenvalue weighted by molar-refractivity contribution is -0.120. The monoisotopic (exact) mass is 438 g/mol. The minimum Gasteiger partial charge on any atom is -0.492 e. The molecule has 1 N–H and O–H groups in total. The number of hydrogen-bond acceptors (Lipinski definition) is 4. The van der Waals surface area contributed by atoms with Crippen LogP contribution in [0.25, 0.3) is 10.8 Å². The summed E-state index contributed by atoms with van der Waals surface area (Å²) in [4.78, 5) is 13.2. The van der Waals surface area contributed by atoms with Crippen molar-refractivity contribution in [1.29, 1.82) is 0 Å². The summed E-state index contributed by atoms with van der Waals surface area (Å²) >= 11 is 0. The van der Waals surface area contributed by atoms with Crippen LogP contribution in [0.2, 0.25) is 0 Å². The average Bonchev–Trinajstić information content (AvgIpc) is 2.80. The highest BCUT2D eigenvalue weighted by Gasteiger charge is 2.33. The molecule has 1 atom stereocenters. The third kappa shape index (κ3) is 4.57. The van der Waals surface area contributed by atoms with Crippen LogP contribution in [0.15, 0.2) is 71.6 Å². The standard InChI is InChI=1S/C24H26N2O4S/c1-2-30-23-12-6-5-11-22(23)25-24(27)20-10-7-15-26(17-20)31(28,29)21-14-13-18-8-3-4-9-19(18)16-21/h3-6,8-9,11-14,16,20H,2,7,10,15,17H2,1H3,(H,25,27). The zero-order chi connectivity index (χ0) is 21.8. The van der Waals surface area contributed by atoms with Crippen LogP contribution in [0.5, 0.6) is 5.75 Å². The maximum Gasteiger partial charge on any atom is 0.243 e. The lowest BCUT2D eigenvalue weighted by Crippen LogP contribution is -2.43. The van der Waals surface area contributed by atoms with Crippen molar-refractivity contribution in [1.82, 2.24) is 4.31 Å². The van der Waals surface area contributed by atoms with Crippen LogP contribution in [0.1, 0.15) is 19.8 Å². The fourth-order valence-electron chi connectivity index (χ4n) is 3.94. The van der Waals surface area contributed by atoms with Gasteiger partial charge in [-0.2, -0.15) is 4.31 Å². The summed E-state index contributed by atoms with van der Waals surface area (Å²) in [7, 11) is -3.68. The number of anilines is 1. The Balaban J connectivity index is 1.51. The van der Waals surface area contributed by atoms with Gasteiger partial charge in [0.25, 0.3) is 0 Å². The summed E-state index contributed by atoms with van der Waals surface area (Å²) in [6.45, 7) is 2.95. The van der Waals surface area contributed by atoms with Crippen molar-refractivity contribution < 1.29 is 17.9 Å². The average molecular weight is 439 g/mol. The topological polar surface area (TPSA) is 75.7 Å². The molecule has 0 aromatic heterocycles. The van der Waals surface area contributed by atoms with Gasteiger partial charge >= 0.3 is 0 Å². The van der Waals surface area contributed by atoms with Crippen LogP contribution in [0.3, 0.4) is 0 Å². The zero-order valence-corrected chi connectivity index (χ0v) is 18.3. The number of fused-ring (bicyclic) bond motifs is 1. The number of carbonyl (C=O) groups is 1. The highest BCUT2D eigenvalue weighted by atomic mass is 32.2. The number of benzene rings is 3. The molecule has 1 heterocycles. The molecule has 0 bridgehead atoms. The first-order valence-electron chi connectivity index (χ1n) is 10.5. The van der Waals surface area contributed by atoms with Crippen LogP contribution in [0.4, 0.5) is 5.69 Å². The summed E-state index contributed by atoms with van der Waals surface area (Å²) in [6.07, 6.45) is 1.28. The lowest BCUT2D eigenvalue weighted by Gasteiger charge is -2.31. The van der Waals surface area contributed by atoms with E-state index in [2.05, 4.69) is 5.32 Å². The maximum atomic E-state index is 13.3. The van der Waals surface area contributed by atoms with Gasteiger partial charge in [0.15, 0.2) is 0 Å². The van der Waals surface area contributed by atoms with Gasteiger partial charge in [0.05, 0.1) is 23.1 Å². The molecule has 3 aromatic carbocycles. The van der Waals surface area contributed by atoms with Crippen LogP contribution in [-0.2, 0) is 14.8 Å². The molecule has 7 heteroatoms. The summed E-state index contributed by atoms with van der Waals surface area (Å²) in [5.74, 6) is -0.000899. The number of sulfonamides is 1. The fraction of sp³-hybridized carbons (Fsp3) is 0.292. The highest BCUT2D eigenvalue weighted by Crippen LogP contribution is 2.29. The molecule has 0 aliphatic carbocycles. The molecule has 1 fully saturated rings. The molecular formula is C24H26N2O4S. The molecule has 1 unspecified atom stereocenters. The number of piperidine rings is 1. The van der Waals surface area contributed by atoms with Gasteiger partial charge in [0.2, 0.25) is 15.9 Å². The normalized spacial score (nSPS) is 17.4. The summed E-state index contributed by atoms with van der Waals surface area (Å²) in [6, 6.07) is 20.1. The Morgan fingerprint density at radius 2 is 1.81 bits per heavy atom. The highest BCUT2D eigenvalue weighted by molar-refractivity contribution is 7.89. The number of amides is 1. The predicted octanol–water partition coefficient (Wildman–Crippen LogP) is 4.28. The predicted molar refractivity (Wildman–Crippen MR) is 122 cm³/mol. The van der Waals surface area contributed by atoms with E-state index >= 15 is 0 Å². The maximum absolute atomic E-state index is 13.3. The number of carbonyl (C=O) groups excluding carboxylic acids is 1. The van der Waals surface area contributed by atoms with Crippen molar-refractivity contribution in [3.8, 4) is 5.75 Å². The molecule has 6 nitrogen and oxygen atoms in total. The molecule has 162 valence electrons. The fourth-order valence-corrected chi connectivity index (χ4v) is 5.50. The molecule has 1 amide bonds. The van der Waals surface area contributed by atoms with E-state index in [-0.39, 0.29) is 17.3 Å². The van der Waals surface area contributed by atoms with Crippen LogP contribution >= 0.6 is 0 Å². The Labute approximate surface area is 182 Å². The zero-order valence-electron chi connectivity index (χ0n) is 17.5. The van der Waals surface area contributed by atoms with E-state index in [0.717, 1.165) is 10.8 Å². The third-order valence-electron chi connectivity index (χ3n) is 5.56. The van der Waals surface area contributed by atoms with E-state index in [9.17, 15) is 13.2 Å². The molecular weight excluding hydrogens is 412 g/mol. The number of ether oxygens (including phenoxy) is 1. The largest absolute Gasteiger partial charge is 0.492 e. The van der Waals surface area contributed by atoms with Crippen molar-refractivity contribution in [2.24, 2.45) is 5.92 Å². The van der Waals surface area contributed by atoms with E-state index in [1.54, 1.807) is 24.3 Å². The molecule has 0 radical (unpaired) electrons. The first-order valence-corrected chi connectivity index (χ1v) is 11.9. The Morgan fingerprint density at radius 3 is 2.61 bits per heavy atom. The Kier molecular flexibility index (Phi) is 6.25. The van der Waals surface area contributed by atoms with E-state index in [1.165, 1.54) is 4.31 Å². The van der Waals surface area contributed by atoms with E-state index in [1.807, 2.05) is 49.4 Å². The Hall–Kier alpha value is -2.90. The van der Waals surface area contributed by atoms with Gasteiger partial charge < -0.3 is 10.1 Å². The number of nitrogens with one attached hydrogen (secondary N) is 1. The van der Waals surface area contributed by atoms with Gasteiger partial charge in [-0.25, -0.2) is 8.42 Å². The number of para-hydroxylation sites is 2. The molecule has 1 aliphatic heterocycles. The van der Waals surface area contributed by atoms with Crippen molar-refractivity contribution in [3.63, 3.8) is 0 Å². The minimum absolute atomic E-state index is 0.164.